The molecule has 6 heteroatoms. The van der Waals surface area contributed by atoms with Gasteiger partial charge in [-0.05, 0) is 25.1 Å². The third-order valence-corrected chi connectivity index (χ3v) is 3.56. The minimum Gasteiger partial charge on any atom is -0.507 e. The van der Waals surface area contributed by atoms with E-state index in [-0.39, 0.29) is 23.5 Å². The molecule has 2 aromatic rings. The molecule has 0 spiro atoms. The van der Waals surface area contributed by atoms with E-state index in [9.17, 15) is 14.7 Å². The molecule has 118 valence electrons. The molecular formula is C17H15BrN2O3. The van der Waals surface area contributed by atoms with Gasteiger partial charge in [0.05, 0.1) is 12.0 Å². The van der Waals surface area contributed by atoms with Gasteiger partial charge in [-0.3, -0.25) is 9.59 Å². The topological polar surface area (TPSA) is 78.8 Å². The second-order valence-electron chi connectivity index (χ2n) is 4.92. The lowest BCUT2D eigenvalue weighted by Crippen LogP contribution is -2.20. The average Bonchev–Trinajstić information content (AvgIpc) is 2.55. The van der Waals surface area contributed by atoms with Crippen LogP contribution in [0.25, 0.3) is 0 Å². The Bertz CT molecular complexity index is 758. The molecular weight excluding hydrogens is 360 g/mol. The smallest absolute Gasteiger partial charge is 0.275 e. The van der Waals surface area contributed by atoms with Crippen LogP contribution in [0.3, 0.4) is 0 Å². The van der Waals surface area contributed by atoms with Crippen molar-refractivity contribution in [1.82, 2.24) is 5.43 Å². The van der Waals surface area contributed by atoms with Crippen LogP contribution in [-0.2, 0) is 0 Å². The Kier molecular flexibility index (Phi) is 5.65. The lowest BCUT2D eigenvalue weighted by atomic mass is 10.1. The predicted molar refractivity (Wildman–Crippen MR) is 91.8 cm³/mol. The van der Waals surface area contributed by atoms with Crippen molar-refractivity contribution in [3.8, 4) is 5.75 Å². The Hall–Kier alpha value is -2.47. The van der Waals surface area contributed by atoms with E-state index in [0.29, 0.717) is 15.7 Å². The van der Waals surface area contributed by atoms with Crippen LogP contribution in [0.2, 0.25) is 0 Å². The molecule has 0 aromatic heterocycles. The first-order valence-corrected chi connectivity index (χ1v) is 7.67. The molecule has 0 unspecified atom stereocenters. The number of nitrogens with one attached hydrogen (secondary N) is 1. The molecule has 0 saturated heterocycles. The zero-order valence-electron chi connectivity index (χ0n) is 12.4. The molecule has 2 aromatic carbocycles. The number of aromatic hydroxyl groups is 1. The number of benzene rings is 2. The van der Waals surface area contributed by atoms with E-state index >= 15 is 0 Å². The molecule has 0 aliphatic heterocycles. The second-order valence-corrected chi connectivity index (χ2v) is 5.83. The molecule has 0 fully saturated rings. The highest BCUT2D eigenvalue weighted by Crippen LogP contribution is 2.21. The molecule has 0 radical (unpaired) electrons. The minimum absolute atomic E-state index is 0.0774. The van der Waals surface area contributed by atoms with Gasteiger partial charge in [-0.15, -0.1) is 0 Å². The van der Waals surface area contributed by atoms with Crippen molar-refractivity contribution in [1.29, 1.82) is 0 Å². The summed E-state index contributed by atoms with van der Waals surface area (Å²) in [5, 5.41) is 13.6. The van der Waals surface area contributed by atoms with Crippen LogP contribution in [0.4, 0.5) is 0 Å². The lowest BCUT2D eigenvalue weighted by Gasteiger charge is -2.05. The van der Waals surface area contributed by atoms with Gasteiger partial charge in [0, 0.05) is 15.7 Å². The summed E-state index contributed by atoms with van der Waals surface area (Å²) in [6, 6.07) is 13.4. The Morgan fingerprint density at radius 1 is 1.17 bits per heavy atom. The molecule has 1 amide bonds. The number of ketones is 1. The number of halogens is 1. The molecule has 0 saturated carbocycles. The van der Waals surface area contributed by atoms with Gasteiger partial charge in [0.1, 0.15) is 5.75 Å². The minimum atomic E-state index is -0.546. The fourth-order valence-corrected chi connectivity index (χ4v) is 2.26. The third-order valence-electron chi connectivity index (χ3n) is 3.06. The van der Waals surface area contributed by atoms with E-state index in [1.54, 1.807) is 37.3 Å². The number of amides is 1. The summed E-state index contributed by atoms with van der Waals surface area (Å²) in [6.45, 7) is 1.65. The normalized spacial score (nSPS) is 11.1. The number of phenolic OH excluding ortho intramolecular Hbond substituents is 1. The predicted octanol–water partition coefficient (Wildman–Crippen LogP) is 3.53. The van der Waals surface area contributed by atoms with Gasteiger partial charge in [0.2, 0.25) is 0 Å². The molecule has 5 nitrogen and oxygen atoms in total. The maximum atomic E-state index is 12.0. The first-order chi connectivity index (χ1) is 11.0. The average molecular weight is 375 g/mol. The highest BCUT2D eigenvalue weighted by Gasteiger charge is 2.12. The SMILES string of the molecule is CC(CC(=O)c1ccccc1)=NNC(=O)c1cc(Br)ccc1O. The van der Waals surface area contributed by atoms with Crippen LogP contribution in [-0.4, -0.2) is 22.5 Å². The van der Waals surface area contributed by atoms with Gasteiger partial charge in [-0.1, -0.05) is 46.3 Å². The van der Waals surface area contributed by atoms with E-state index in [2.05, 4.69) is 26.5 Å². The van der Waals surface area contributed by atoms with Gasteiger partial charge in [0.25, 0.3) is 5.91 Å². The van der Waals surface area contributed by atoms with E-state index in [1.807, 2.05) is 6.07 Å². The molecule has 0 atom stereocenters. The maximum Gasteiger partial charge on any atom is 0.275 e. The van der Waals surface area contributed by atoms with Crippen molar-refractivity contribution < 1.29 is 14.7 Å². The summed E-state index contributed by atoms with van der Waals surface area (Å²) in [4.78, 5) is 24.0. The number of hydrogen-bond acceptors (Lipinski definition) is 4. The standard InChI is InChI=1S/C17H15BrN2O3/c1-11(9-16(22)12-5-3-2-4-6-12)19-20-17(23)14-10-13(18)7-8-15(14)21/h2-8,10,21H,9H2,1H3,(H,20,23). The number of nitrogens with zero attached hydrogens (tertiary/aromatic N) is 1. The van der Waals surface area contributed by atoms with Gasteiger partial charge in [0.15, 0.2) is 5.78 Å². The van der Waals surface area contributed by atoms with Gasteiger partial charge in [-0.25, -0.2) is 5.43 Å². The summed E-state index contributed by atoms with van der Waals surface area (Å²) in [7, 11) is 0. The monoisotopic (exact) mass is 374 g/mol. The summed E-state index contributed by atoms with van der Waals surface area (Å²) >= 11 is 3.23. The van der Waals surface area contributed by atoms with Crippen molar-refractivity contribution in [2.45, 2.75) is 13.3 Å². The fraction of sp³-hybridized carbons (Fsp3) is 0.118. The molecule has 0 bridgehead atoms. The first-order valence-electron chi connectivity index (χ1n) is 6.87. The summed E-state index contributed by atoms with van der Waals surface area (Å²) in [5.74, 6) is -0.763. The van der Waals surface area contributed by atoms with Crippen molar-refractivity contribution in [3.63, 3.8) is 0 Å². The quantitative estimate of drug-likeness (QED) is 0.477. The fourth-order valence-electron chi connectivity index (χ4n) is 1.89. The highest BCUT2D eigenvalue weighted by atomic mass is 79.9. The Balaban J connectivity index is 2.00. The van der Waals surface area contributed by atoms with Crippen molar-refractivity contribution in [2.24, 2.45) is 5.10 Å². The maximum absolute atomic E-state index is 12.0. The number of rotatable bonds is 5. The van der Waals surface area contributed by atoms with Gasteiger partial charge < -0.3 is 5.11 Å². The van der Waals surface area contributed by atoms with E-state index in [1.165, 1.54) is 12.1 Å². The zero-order valence-corrected chi connectivity index (χ0v) is 14.0. The largest absolute Gasteiger partial charge is 0.507 e. The Labute approximate surface area is 142 Å². The highest BCUT2D eigenvalue weighted by molar-refractivity contribution is 9.10. The van der Waals surface area contributed by atoms with Crippen LogP contribution in [0.5, 0.6) is 5.75 Å². The van der Waals surface area contributed by atoms with E-state index < -0.39 is 5.91 Å². The van der Waals surface area contributed by atoms with Crippen LogP contribution in [0.1, 0.15) is 34.1 Å². The lowest BCUT2D eigenvalue weighted by molar-refractivity contribution is 0.0948. The number of hydrazone groups is 1. The van der Waals surface area contributed by atoms with E-state index in [0.717, 1.165) is 0 Å². The summed E-state index contributed by atoms with van der Waals surface area (Å²) in [6.07, 6.45) is 0.106. The molecule has 0 heterocycles. The second kappa shape index (κ2) is 7.69. The van der Waals surface area contributed by atoms with Crippen LogP contribution in [0, 0.1) is 0 Å². The van der Waals surface area contributed by atoms with Crippen molar-refractivity contribution >= 4 is 33.3 Å². The van der Waals surface area contributed by atoms with Crippen LogP contribution in [0.15, 0.2) is 58.1 Å². The molecule has 0 aliphatic carbocycles. The summed E-state index contributed by atoms with van der Waals surface area (Å²) in [5.41, 5.74) is 3.51. The van der Waals surface area contributed by atoms with Crippen molar-refractivity contribution in [3.05, 3.63) is 64.1 Å². The van der Waals surface area contributed by atoms with Gasteiger partial charge >= 0.3 is 0 Å². The molecule has 23 heavy (non-hydrogen) atoms. The Morgan fingerprint density at radius 3 is 2.57 bits per heavy atom. The number of Topliss-reactive ketones (excluding diaryl/α,β-unsaturated/α-hetero) is 1. The number of carbonyl (C=O) groups excluding carboxylic acids is 2. The van der Waals surface area contributed by atoms with Crippen LogP contribution < -0.4 is 5.43 Å². The Morgan fingerprint density at radius 2 is 1.87 bits per heavy atom. The number of phenols is 1. The number of carbonyl (C=O) groups is 2. The van der Waals surface area contributed by atoms with E-state index in [4.69, 9.17) is 0 Å². The third kappa shape index (κ3) is 4.75. The van der Waals surface area contributed by atoms with Crippen molar-refractivity contribution in [2.75, 3.05) is 0 Å². The molecule has 0 aliphatic rings. The zero-order chi connectivity index (χ0) is 16.8. The van der Waals surface area contributed by atoms with Crippen LogP contribution >= 0.6 is 15.9 Å². The van der Waals surface area contributed by atoms with Gasteiger partial charge in [-0.2, -0.15) is 5.10 Å². The molecule has 2 rings (SSSR count). The first kappa shape index (κ1) is 16.9. The number of hydrogen-bond donors (Lipinski definition) is 2. The summed E-state index contributed by atoms with van der Waals surface area (Å²) < 4.78 is 0.667. The molecule has 2 N–H and O–H groups in total.